The first kappa shape index (κ1) is 7.98. The minimum Gasteiger partial charge on any atom is -0.395 e. The zero-order chi connectivity index (χ0) is 7.40. The Morgan fingerprint density at radius 3 is 3.00 bits per heavy atom. The van der Waals surface area contributed by atoms with Crippen molar-refractivity contribution in [3.63, 3.8) is 0 Å². The van der Waals surface area contributed by atoms with Crippen LogP contribution >= 0.6 is 0 Å². The molecule has 3 heteroatoms. The van der Waals surface area contributed by atoms with E-state index in [-0.39, 0.29) is 12.6 Å². The quantitative estimate of drug-likeness (QED) is 0.582. The van der Waals surface area contributed by atoms with E-state index < -0.39 is 0 Å². The molecule has 0 aromatic heterocycles. The van der Waals surface area contributed by atoms with Gasteiger partial charge in [0.05, 0.1) is 12.7 Å². The molecule has 1 aliphatic rings. The molecule has 1 aliphatic heterocycles. The van der Waals surface area contributed by atoms with E-state index in [9.17, 15) is 0 Å². The lowest BCUT2D eigenvalue weighted by molar-refractivity contribution is 0.0906. The highest BCUT2D eigenvalue weighted by Crippen LogP contribution is 2.15. The van der Waals surface area contributed by atoms with Gasteiger partial charge in [0.25, 0.3) is 0 Å². The van der Waals surface area contributed by atoms with Crippen molar-refractivity contribution < 1.29 is 9.84 Å². The topological polar surface area (TPSA) is 55.5 Å². The average molecular weight is 145 g/mol. The molecule has 0 bridgehead atoms. The molecule has 1 saturated heterocycles. The first-order valence-corrected chi connectivity index (χ1v) is 3.81. The van der Waals surface area contributed by atoms with Crippen molar-refractivity contribution in [2.45, 2.75) is 31.4 Å². The predicted octanol–water partition coefficient (Wildman–Crippen LogP) is -0.125. The molecule has 60 valence electrons. The molecular weight excluding hydrogens is 130 g/mol. The lowest BCUT2D eigenvalue weighted by Gasteiger charge is -2.12. The SMILES string of the molecule is NC(CO)CC1CCCO1. The van der Waals surface area contributed by atoms with E-state index in [0.717, 1.165) is 25.9 Å². The van der Waals surface area contributed by atoms with E-state index in [0.29, 0.717) is 6.10 Å². The minimum absolute atomic E-state index is 0.0693. The van der Waals surface area contributed by atoms with Gasteiger partial charge < -0.3 is 15.6 Å². The highest BCUT2D eigenvalue weighted by atomic mass is 16.5. The van der Waals surface area contributed by atoms with Crippen LogP contribution in [0.2, 0.25) is 0 Å². The minimum atomic E-state index is -0.0944. The van der Waals surface area contributed by atoms with Gasteiger partial charge in [-0.3, -0.25) is 0 Å². The summed E-state index contributed by atoms with van der Waals surface area (Å²) in [6, 6.07) is -0.0944. The zero-order valence-corrected chi connectivity index (χ0v) is 6.12. The predicted molar refractivity (Wildman–Crippen MR) is 38.7 cm³/mol. The fourth-order valence-electron chi connectivity index (χ4n) is 1.24. The van der Waals surface area contributed by atoms with Gasteiger partial charge >= 0.3 is 0 Å². The summed E-state index contributed by atoms with van der Waals surface area (Å²) < 4.78 is 5.33. The van der Waals surface area contributed by atoms with Crippen molar-refractivity contribution in [1.29, 1.82) is 0 Å². The third kappa shape index (κ3) is 2.25. The van der Waals surface area contributed by atoms with Crippen LogP contribution in [-0.4, -0.2) is 30.5 Å². The Morgan fingerprint density at radius 2 is 2.50 bits per heavy atom. The van der Waals surface area contributed by atoms with Crippen LogP contribution in [0.25, 0.3) is 0 Å². The maximum atomic E-state index is 8.61. The van der Waals surface area contributed by atoms with Gasteiger partial charge in [0.1, 0.15) is 0 Å². The summed E-state index contributed by atoms with van der Waals surface area (Å²) in [6.45, 7) is 0.933. The first-order valence-electron chi connectivity index (χ1n) is 3.81. The number of rotatable bonds is 3. The van der Waals surface area contributed by atoms with Gasteiger partial charge in [-0.2, -0.15) is 0 Å². The summed E-state index contributed by atoms with van der Waals surface area (Å²) in [6.07, 6.45) is 3.36. The van der Waals surface area contributed by atoms with Crippen LogP contribution in [0, 0.1) is 0 Å². The van der Waals surface area contributed by atoms with Crippen molar-refractivity contribution in [1.82, 2.24) is 0 Å². The van der Waals surface area contributed by atoms with Crippen LogP contribution in [0.3, 0.4) is 0 Å². The van der Waals surface area contributed by atoms with E-state index in [1.165, 1.54) is 0 Å². The molecule has 1 fully saturated rings. The number of nitrogens with two attached hydrogens (primary N) is 1. The number of aliphatic hydroxyl groups is 1. The summed E-state index contributed by atoms with van der Waals surface area (Å²) in [4.78, 5) is 0. The van der Waals surface area contributed by atoms with Gasteiger partial charge in [-0.05, 0) is 19.3 Å². The third-order valence-corrected chi connectivity index (χ3v) is 1.82. The van der Waals surface area contributed by atoms with Gasteiger partial charge in [0.2, 0.25) is 0 Å². The molecule has 0 aromatic carbocycles. The van der Waals surface area contributed by atoms with Gasteiger partial charge in [-0.15, -0.1) is 0 Å². The Labute approximate surface area is 61.2 Å². The number of hydrogen-bond acceptors (Lipinski definition) is 3. The fourth-order valence-corrected chi connectivity index (χ4v) is 1.24. The van der Waals surface area contributed by atoms with Crippen molar-refractivity contribution in [2.24, 2.45) is 5.73 Å². The van der Waals surface area contributed by atoms with E-state index in [2.05, 4.69) is 0 Å². The number of aliphatic hydroxyl groups excluding tert-OH is 1. The monoisotopic (exact) mass is 145 g/mol. The Balaban J connectivity index is 2.11. The molecule has 2 unspecified atom stereocenters. The highest BCUT2D eigenvalue weighted by Gasteiger charge is 2.17. The molecule has 3 N–H and O–H groups in total. The highest BCUT2D eigenvalue weighted by molar-refractivity contribution is 4.71. The van der Waals surface area contributed by atoms with Crippen molar-refractivity contribution in [3.8, 4) is 0 Å². The fraction of sp³-hybridized carbons (Fsp3) is 1.00. The third-order valence-electron chi connectivity index (χ3n) is 1.82. The first-order chi connectivity index (χ1) is 4.83. The van der Waals surface area contributed by atoms with E-state index in [1.54, 1.807) is 0 Å². The van der Waals surface area contributed by atoms with Crippen molar-refractivity contribution in [2.75, 3.05) is 13.2 Å². The van der Waals surface area contributed by atoms with Gasteiger partial charge in [0, 0.05) is 12.6 Å². The largest absolute Gasteiger partial charge is 0.395 e. The van der Waals surface area contributed by atoms with Gasteiger partial charge in [0.15, 0.2) is 0 Å². The van der Waals surface area contributed by atoms with Crippen LogP contribution in [-0.2, 0) is 4.74 Å². The van der Waals surface area contributed by atoms with E-state index >= 15 is 0 Å². The maximum Gasteiger partial charge on any atom is 0.0591 e. The molecule has 2 atom stereocenters. The van der Waals surface area contributed by atoms with Crippen LogP contribution in [0.15, 0.2) is 0 Å². The second kappa shape index (κ2) is 3.91. The molecule has 0 aliphatic carbocycles. The molecular formula is C7H15NO2. The standard InChI is InChI=1S/C7H15NO2/c8-6(5-9)4-7-2-1-3-10-7/h6-7,9H,1-5,8H2. The van der Waals surface area contributed by atoms with Crippen LogP contribution in [0.4, 0.5) is 0 Å². The van der Waals surface area contributed by atoms with E-state index in [4.69, 9.17) is 15.6 Å². The Hall–Kier alpha value is -0.120. The summed E-state index contributed by atoms with van der Waals surface area (Å²) in [5, 5.41) is 8.61. The smallest absolute Gasteiger partial charge is 0.0591 e. The molecule has 10 heavy (non-hydrogen) atoms. The number of hydrogen-bond donors (Lipinski definition) is 2. The molecule has 0 spiro atoms. The Morgan fingerprint density at radius 1 is 1.70 bits per heavy atom. The molecule has 0 amide bonds. The zero-order valence-electron chi connectivity index (χ0n) is 6.12. The molecule has 0 radical (unpaired) electrons. The van der Waals surface area contributed by atoms with Crippen LogP contribution < -0.4 is 5.73 Å². The van der Waals surface area contributed by atoms with Crippen LogP contribution in [0.5, 0.6) is 0 Å². The van der Waals surface area contributed by atoms with Gasteiger partial charge in [-0.1, -0.05) is 0 Å². The average Bonchev–Trinajstić information content (AvgIpc) is 2.40. The molecule has 0 aromatic rings. The summed E-state index contributed by atoms with van der Waals surface area (Å²) in [5.74, 6) is 0. The molecule has 0 saturated carbocycles. The second-order valence-electron chi connectivity index (χ2n) is 2.81. The lowest BCUT2D eigenvalue weighted by atomic mass is 10.1. The summed E-state index contributed by atoms with van der Waals surface area (Å²) in [5.41, 5.74) is 5.52. The van der Waals surface area contributed by atoms with Crippen LogP contribution in [0.1, 0.15) is 19.3 Å². The second-order valence-corrected chi connectivity index (χ2v) is 2.81. The normalized spacial score (nSPS) is 28.8. The summed E-state index contributed by atoms with van der Waals surface area (Å²) >= 11 is 0. The molecule has 1 rings (SSSR count). The Kier molecular flexibility index (Phi) is 3.12. The van der Waals surface area contributed by atoms with E-state index in [1.807, 2.05) is 0 Å². The molecule has 3 nitrogen and oxygen atoms in total. The molecule has 1 heterocycles. The Bertz CT molecular complexity index is 91.6. The van der Waals surface area contributed by atoms with Crippen molar-refractivity contribution in [3.05, 3.63) is 0 Å². The lowest BCUT2D eigenvalue weighted by Crippen LogP contribution is -2.29. The summed E-state index contributed by atoms with van der Waals surface area (Å²) in [7, 11) is 0. The van der Waals surface area contributed by atoms with Crippen molar-refractivity contribution >= 4 is 0 Å². The number of ether oxygens (including phenoxy) is 1. The maximum absolute atomic E-state index is 8.61. The van der Waals surface area contributed by atoms with Gasteiger partial charge in [-0.25, -0.2) is 0 Å².